The number of nitrogens with zero attached hydrogens (tertiary/aromatic N) is 4. The summed E-state index contributed by atoms with van der Waals surface area (Å²) in [7, 11) is 1.39. The van der Waals surface area contributed by atoms with Crippen molar-refractivity contribution in [2.75, 3.05) is 20.2 Å². The van der Waals surface area contributed by atoms with E-state index in [0.29, 0.717) is 9.52 Å². The second-order valence-electron chi connectivity index (χ2n) is 6.51. The molecule has 2 aromatic rings. The van der Waals surface area contributed by atoms with Crippen LogP contribution in [0.5, 0.6) is 0 Å². The van der Waals surface area contributed by atoms with Crippen molar-refractivity contribution in [1.82, 2.24) is 19.5 Å². The number of aromatic nitrogens is 3. The van der Waals surface area contributed by atoms with Crippen LogP contribution in [0.25, 0.3) is 4.96 Å². The largest absolute Gasteiger partial charge is 0.435 e. The van der Waals surface area contributed by atoms with Crippen molar-refractivity contribution in [1.29, 1.82) is 0 Å². The number of halogens is 6. The van der Waals surface area contributed by atoms with E-state index < -0.39 is 36.2 Å². The van der Waals surface area contributed by atoms with E-state index in [1.807, 2.05) is 0 Å². The molecule has 1 aliphatic heterocycles. The summed E-state index contributed by atoms with van der Waals surface area (Å²) in [4.78, 5) is 17.3. The van der Waals surface area contributed by atoms with E-state index in [-0.39, 0.29) is 43.3 Å². The predicted octanol–water partition coefficient (Wildman–Crippen LogP) is 3.30. The number of ether oxygens (including phenoxy) is 1. The topological polar surface area (TPSA) is 59.7 Å². The maximum absolute atomic E-state index is 13.5. The number of Topliss-reactive ketones (excluding diaryl/α,β-unsaturated/α-hetero) is 1. The molecule has 3 rings (SSSR count). The Morgan fingerprint density at radius 3 is 2.57 bits per heavy atom. The van der Waals surface area contributed by atoms with Gasteiger partial charge in [-0.05, 0) is 6.42 Å². The molecule has 0 aromatic carbocycles. The van der Waals surface area contributed by atoms with Gasteiger partial charge in [-0.15, -0.1) is 0 Å². The lowest BCUT2D eigenvalue weighted by Gasteiger charge is -2.15. The number of ketones is 1. The van der Waals surface area contributed by atoms with Crippen LogP contribution in [0, 0.1) is 5.92 Å². The number of carbonyl (C=O) groups is 1. The number of hydrogen-bond donors (Lipinski definition) is 0. The molecule has 1 saturated heterocycles. The van der Waals surface area contributed by atoms with Gasteiger partial charge in [-0.1, -0.05) is 11.3 Å². The Hall–Kier alpha value is -1.73. The molecular weight excluding hydrogens is 414 g/mol. The Morgan fingerprint density at radius 1 is 1.25 bits per heavy atom. The first-order chi connectivity index (χ1) is 13.0. The SMILES string of the molecule is COCc1nn2c(C(F)(F)F)c(CN3CC(=O)[C@H](CCC(F)(F)F)C3)nc2s1. The van der Waals surface area contributed by atoms with E-state index in [2.05, 4.69) is 10.1 Å². The third kappa shape index (κ3) is 4.63. The molecule has 13 heteroatoms. The Balaban J connectivity index is 1.78. The van der Waals surface area contributed by atoms with Crippen LogP contribution < -0.4 is 0 Å². The highest BCUT2D eigenvalue weighted by molar-refractivity contribution is 7.16. The number of carbonyl (C=O) groups excluding carboxylic acids is 1. The molecule has 3 heterocycles. The number of imidazole rings is 1. The number of hydrogen-bond acceptors (Lipinski definition) is 6. The molecule has 0 unspecified atom stereocenters. The first-order valence-electron chi connectivity index (χ1n) is 8.23. The number of methoxy groups -OCH3 is 1. The van der Waals surface area contributed by atoms with E-state index in [0.717, 1.165) is 11.3 Å². The van der Waals surface area contributed by atoms with Gasteiger partial charge in [-0.25, -0.2) is 4.98 Å². The zero-order valence-corrected chi connectivity index (χ0v) is 15.4. The minimum absolute atomic E-state index is 0.0280. The number of rotatable bonds is 6. The fourth-order valence-electron chi connectivity index (χ4n) is 3.16. The minimum atomic E-state index is -4.73. The molecule has 2 aromatic heterocycles. The molecule has 1 aliphatic rings. The zero-order chi connectivity index (χ0) is 20.7. The monoisotopic (exact) mass is 430 g/mol. The summed E-state index contributed by atoms with van der Waals surface area (Å²) in [6.07, 6.45) is -10.6. The van der Waals surface area contributed by atoms with Gasteiger partial charge >= 0.3 is 12.4 Å². The van der Waals surface area contributed by atoms with Crippen molar-refractivity contribution in [2.45, 2.75) is 38.3 Å². The summed E-state index contributed by atoms with van der Waals surface area (Å²) in [5, 5.41) is 4.19. The third-order valence-electron chi connectivity index (χ3n) is 4.32. The molecule has 1 atom stereocenters. The fourth-order valence-corrected chi connectivity index (χ4v) is 4.04. The van der Waals surface area contributed by atoms with Gasteiger partial charge in [0.1, 0.15) is 5.01 Å². The first kappa shape index (κ1) is 21.0. The first-order valence-corrected chi connectivity index (χ1v) is 9.05. The van der Waals surface area contributed by atoms with Crippen LogP contribution in [0.15, 0.2) is 0 Å². The molecule has 0 amide bonds. The average molecular weight is 430 g/mol. The maximum Gasteiger partial charge on any atom is 0.435 e. The molecule has 0 spiro atoms. The average Bonchev–Trinajstić information content (AvgIpc) is 3.16. The second-order valence-corrected chi connectivity index (χ2v) is 7.56. The number of fused-ring (bicyclic) bond motifs is 1. The van der Waals surface area contributed by atoms with Gasteiger partial charge in [-0.2, -0.15) is 36.0 Å². The van der Waals surface area contributed by atoms with Gasteiger partial charge < -0.3 is 4.74 Å². The summed E-state index contributed by atoms with van der Waals surface area (Å²) in [6, 6.07) is 0. The van der Waals surface area contributed by atoms with Gasteiger partial charge in [0, 0.05) is 32.5 Å². The molecule has 0 bridgehead atoms. The predicted molar refractivity (Wildman–Crippen MR) is 85.6 cm³/mol. The third-order valence-corrected chi connectivity index (χ3v) is 5.20. The van der Waals surface area contributed by atoms with Gasteiger partial charge in [0.25, 0.3) is 0 Å². The smallest absolute Gasteiger partial charge is 0.377 e. The van der Waals surface area contributed by atoms with Gasteiger partial charge in [0.05, 0.1) is 18.8 Å². The van der Waals surface area contributed by atoms with Crippen molar-refractivity contribution < 1.29 is 35.9 Å². The van der Waals surface area contributed by atoms with Crippen molar-refractivity contribution in [3.63, 3.8) is 0 Å². The number of alkyl halides is 6. The highest BCUT2D eigenvalue weighted by Gasteiger charge is 2.41. The van der Waals surface area contributed by atoms with E-state index in [1.165, 1.54) is 12.0 Å². The van der Waals surface area contributed by atoms with Gasteiger partial charge in [-0.3, -0.25) is 9.69 Å². The van der Waals surface area contributed by atoms with Crippen molar-refractivity contribution in [3.8, 4) is 0 Å². The van der Waals surface area contributed by atoms with Gasteiger partial charge in [0.2, 0.25) is 4.96 Å². The zero-order valence-electron chi connectivity index (χ0n) is 14.6. The summed E-state index contributed by atoms with van der Waals surface area (Å²) < 4.78 is 83.3. The lowest BCUT2D eigenvalue weighted by atomic mass is 10.0. The van der Waals surface area contributed by atoms with Crippen LogP contribution >= 0.6 is 11.3 Å². The van der Waals surface area contributed by atoms with Crippen molar-refractivity contribution >= 4 is 22.1 Å². The Bertz CT molecular complexity index is 859. The highest BCUT2D eigenvalue weighted by Crippen LogP contribution is 2.35. The quantitative estimate of drug-likeness (QED) is 0.659. The molecule has 1 fully saturated rings. The van der Waals surface area contributed by atoms with E-state index in [4.69, 9.17) is 4.74 Å². The highest BCUT2D eigenvalue weighted by atomic mass is 32.1. The molecule has 156 valence electrons. The van der Waals surface area contributed by atoms with Crippen LogP contribution in [0.2, 0.25) is 0 Å². The summed E-state index contributed by atoms with van der Waals surface area (Å²) in [6.45, 7) is -0.478. The molecule has 0 aliphatic carbocycles. The van der Waals surface area contributed by atoms with Gasteiger partial charge in [0.15, 0.2) is 11.5 Å². The minimum Gasteiger partial charge on any atom is -0.377 e. The van der Waals surface area contributed by atoms with Crippen LogP contribution in [0.1, 0.15) is 29.2 Å². The van der Waals surface area contributed by atoms with E-state index in [1.54, 1.807) is 0 Å². The normalized spacial score (nSPS) is 19.2. The maximum atomic E-state index is 13.5. The van der Waals surface area contributed by atoms with Crippen LogP contribution in [-0.4, -0.2) is 51.7 Å². The molecule has 0 N–H and O–H groups in total. The van der Waals surface area contributed by atoms with E-state index in [9.17, 15) is 31.1 Å². The molecule has 0 saturated carbocycles. The number of likely N-dealkylation sites (tertiary alicyclic amines) is 1. The Labute approximate surface area is 159 Å². The molecule has 0 radical (unpaired) electrons. The van der Waals surface area contributed by atoms with Crippen LogP contribution in [0.4, 0.5) is 26.3 Å². The Kier molecular flexibility index (Phi) is 5.69. The lowest BCUT2D eigenvalue weighted by molar-refractivity contribution is -0.143. The summed E-state index contributed by atoms with van der Waals surface area (Å²) >= 11 is 0.948. The van der Waals surface area contributed by atoms with Crippen LogP contribution in [0.3, 0.4) is 0 Å². The fraction of sp³-hybridized carbons (Fsp3) is 0.667. The summed E-state index contributed by atoms with van der Waals surface area (Å²) in [5.41, 5.74) is -1.35. The molecule has 6 nitrogen and oxygen atoms in total. The van der Waals surface area contributed by atoms with Crippen molar-refractivity contribution in [3.05, 3.63) is 16.4 Å². The summed E-state index contributed by atoms with van der Waals surface area (Å²) in [5.74, 6) is -1.24. The van der Waals surface area contributed by atoms with Crippen molar-refractivity contribution in [2.24, 2.45) is 5.92 Å². The lowest BCUT2D eigenvalue weighted by Crippen LogP contribution is -2.23. The molecular formula is C15H16F6N4O2S. The van der Waals surface area contributed by atoms with Crippen LogP contribution in [-0.2, 0) is 28.9 Å². The Morgan fingerprint density at radius 2 is 1.96 bits per heavy atom. The molecule has 28 heavy (non-hydrogen) atoms. The van der Waals surface area contributed by atoms with E-state index >= 15 is 0 Å². The standard InChI is InChI=1S/C15H16F6N4O2S/c1-27-7-11-23-25-12(15(19,20)21)9(22-13(25)28-11)5-24-4-8(10(26)6-24)2-3-14(16,17)18/h8H,2-7H2,1H3/t8-/m1/s1. The second kappa shape index (κ2) is 7.59.